The fraction of sp³-hybridized carbons (Fsp3) is 0.571. The lowest BCUT2D eigenvalue weighted by molar-refractivity contribution is 0.414. The molecule has 1 aromatic carbocycles. The highest BCUT2D eigenvalue weighted by Gasteiger charge is 2.35. The zero-order valence-corrected chi connectivity index (χ0v) is 10.7. The van der Waals surface area contributed by atoms with Crippen LogP contribution in [0.3, 0.4) is 0 Å². The second-order valence-electron chi connectivity index (χ2n) is 5.19. The van der Waals surface area contributed by atoms with Crippen LogP contribution in [0.5, 0.6) is 5.75 Å². The van der Waals surface area contributed by atoms with E-state index in [1.165, 1.54) is 6.42 Å². The molecule has 0 radical (unpaired) electrons. The van der Waals surface area contributed by atoms with Crippen molar-refractivity contribution in [2.75, 3.05) is 19.0 Å². The molecule has 0 spiro atoms. The summed E-state index contributed by atoms with van der Waals surface area (Å²) in [6, 6.07) is 8.06. The van der Waals surface area contributed by atoms with E-state index in [9.17, 15) is 0 Å². The average Bonchev–Trinajstić information content (AvgIpc) is 2.72. The predicted octanol–water partition coefficient (Wildman–Crippen LogP) is 2.62. The highest BCUT2D eigenvalue weighted by Crippen LogP contribution is 2.36. The maximum Gasteiger partial charge on any atom is 0.119 e. The first-order chi connectivity index (χ1) is 8.17. The molecule has 0 aromatic heterocycles. The molecule has 1 aliphatic carbocycles. The van der Waals surface area contributed by atoms with Crippen LogP contribution in [-0.4, -0.2) is 19.2 Å². The number of nitrogens with two attached hydrogens (primary N) is 1. The quantitative estimate of drug-likeness (QED) is 0.842. The number of methoxy groups -OCH3 is 1. The van der Waals surface area contributed by atoms with E-state index in [-0.39, 0.29) is 5.54 Å². The van der Waals surface area contributed by atoms with Crippen LogP contribution >= 0.6 is 0 Å². The highest BCUT2D eigenvalue weighted by molar-refractivity contribution is 5.48. The molecule has 1 aliphatic rings. The predicted molar refractivity (Wildman–Crippen MR) is 71.4 cm³/mol. The summed E-state index contributed by atoms with van der Waals surface area (Å²) in [6.45, 7) is 3.00. The van der Waals surface area contributed by atoms with Crippen molar-refractivity contribution in [3.05, 3.63) is 24.3 Å². The molecule has 2 rings (SSSR count). The summed E-state index contributed by atoms with van der Waals surface area (Å²) >= 11 is 0. The first-order valence-corrected chi connectivity index (χ1v) is 6.30. The molecule has 0 aliphatic heterocycles. The number of benzene rings is 1. The summed E-state index contributed by atoms with van der Waals surface area (Å²) < 4.78 is 5.16. The Hall–Kier alpha value is -1.22. The van der Waals surface area contributed by atoms with Gasteiger partial charge in [0.2, 0.25) is 0 Å². The van der Waals surface area contributed by atoms with Crippen molar-refractivity contribution in [1.82, 2.24) is 0 Å². The van der Waals surface area contributed by atoms with Gasteiger partial charge in [0.1, 0.15) is 5.75 Å². The van der Waals surface area contributed by atoms with Crippen molar-refractivity contribution in [3.63, 3.8) is 0 Å². The van der Waals surface area contributed by atoms with E-state index < -0.39 is 0 Å². The van der Waals surface area contributed by atoms with Crippen LogP contribution in [0.15, 0.2) is 24.3 Å². The lowest BCUT2D eigenvalue weighted by Crippen LogP contribution is -2.43. The molecule has 0 bridgehead atoms. The molecular formula is C14H22N2O. The summed E-state index contributed by atoms with van der Waals surface area (Å²) in [6.07, 6.45) is 3.59. The first-order valence-electron chi connectivity index (χ1n) is 6.30. The zero-order valence-electron chi connectivity index (χ0n) is 10.7. The SMILES string of the molecule is COc1ccc(NC2(CN)CCC(C)C2)cc1. The van der Waals surface area contributed by atoms with E-state index in [4.69, 9.17) is 10.5 Å². The Bertz CT molecular complexity index is 363. The Morgan fingerprint density at radius 3 is 2.59 bits per heavy atom. The van der Waals surface area contributed by atoms with Crippen LogP contribution in [-0.2, 0) is 0 Å². The van der Waals surface area contributed by atoms with Gasteiger partial charge in [-0.05, 0) is 49.4 Å². The largest absolute Gasteiger partial charge is 0.497 e. The van der Waals surface area contributed by atoms with Crippen molar-refractivity contribution in [2.24, 2.45) is 11.7 Å². The third-order valence-corrected chi connectivity index (χ3v) is 3.75. The van der Waals surface area contributed by atoms with Crippen molar-refractivity contribution >= 4 is 5.69 Å². The molecule has 1 saturated carbocycles. The van der Waals surface area contributed by atoms with Gasteiger partial charge in [0.25, 0.3) is 0 Å². The summed E-state index contributed by atoms with van der Waals surface area (Å²) in [7, 11) is 1.68. The van der Waals surface area contributed by atoms with Gasteiger partial charge in [-0.15, -0.1) is 0 Å². The molecule has 17 heavy (non-hydrogen) atoms. The minimum absolute atomic E-state index is 0.0913. The Kier molecular flexibility index (Phi) is 3.57. The number of hydrogen-bond donors (Lipinski definition) is 2. The molecular weight excluding hydrogens is 212 g/mol. The normalized spacial score (nSPS) is 28.1. The fourth-order valence-electron chi connectivity index (χ4n) is 2.72. The molecule has 0 amide bonds. The Balaban J connectivity index is 2.07. The molecule has 1 aromatic rings. The summed E-state index contributed by atoms with van der Waals surface area (Å²) in [5, 5.41) is 3.61. The standard InChI is InChI=1S/C14H22N2O/c1-11-7-8-14(9-11,10-15)16-12-3-5-13(17-2)6-4-12/h3-6,11,16H,7-10,15H2,1-2H3. The third-order valence-electron chi connectivity index (χ3n) is 3.75. The van der Waals surface area contributed by atoms with E-state index in [2.05, 4.69) is 24.4 Å². The Morgan fingerprint density at radius 2 is 2.12 bits per heavy atom. The summed E-state index contributed by atoms with van der Waals surface area (Å²) in [5.74, 6) is 1.65. The zero-order chi connectivity index (χ0) is 12.3. The Labute approximate surface area is 103 Å². The maximum atomic E-state index is 5.95. The molecule has 2 unspecified atom stereocenters. The van der Waals surface area contributed by atoms with Gasteiger partial charge in [0.05, 0.1) is 7.11 Å². The average molecular weight is 234 g/mol. The fourth-order valence-corrected chi connectivity index (χ4v) is 2.72. The van der Waals surface area contributed by atoms with Gasteiger partial charge in [0.15, 0.2) is 0 Å². The Morgan fingerprint density at radius 1 is 1.41 bits per heavy atom. The second kappa shape index (κ2) is 4.96. The van der Waals surface area contributed by atoms with Gasteiger partial charge in [-0.1, -0.05) is 6.92 Å². The van der Waals surface area contributed by atoms with Crippen molar-refractivity contribution in [2.45, 2.75) is 31.7 Å². The van der Waals surface area contributed by atoms with Crippen LogP contribution in [0.25, 0.3) is 0 Å². The number of hydrogen-bond acceptors (Lipinski definition) is 3. The lowest BCUT2D eigenvalue weighted by Gasteiger charge is -2.30. The van der Waals surface area contributed by atoms with Crippen molar-refractivity contribution in [3.8, 4) is 5.75 Å². The van der Waals surface area contributed by atoms with Crippen LogP contribution in [0.4, 0.5) is 5.69 Å². The molecule has 1 fully saturated rings. The minimum atomic E-state index is 0.0913. The van der Waals surface area contributed by atoms with Gasteiger partial charge in [-0.2, -0.15) is 0 Å². The summed E-state index contributed by atoms with van der Waals surface area (Å²) in [5.41, 5.74) is 7.17. The molecule has 3 nitrogen and oxygen atoms in total. The first kappa shape index (κ1) is 12.2. The topological polar surface area (TPSA) is 47.3 Å². The number of anilines is 1. The molecule has 3 N–H and O–H groups in total. The van der Waals surface area contributed by atoms with E-state index in [0.717, 1.165) is 30.2 Å². The van der Waals surface area contributed by atoms with E-state index in [0.29, 0.717) is 6.54 Å². The van der Waals surface area contributed by atoms with Crippen LogP contribution in [0.1, 0.15) is 26.2 Å². The number of ether oxygens (including phenoxy) is 1. The molecule has 0 saturated heterocycles. The monoisotopic (exact) mass is 234 g/mol. The van der Waals surface area contributed by atoms with Gasteiger partial charge < -0.3 is 15.8 Å². The molecule has 0 heterocycles. The highest BCUT2D eigenvalue weighted by atomic mass is 16.5. The van der Waals surface area contributed by atoms with Gasteiger partial charge in [0, 0.05) is 17.8 Å². The van der Waals surface area contributed by atoms with Crippen molar-refractivity contribution in [1.29, 1.82) is 0 Å². The van der Waals surface area contributed by atoms with E-state index in [1.54, 1.807) is 7.11 Å². The van der Waals surface area contributed by atoms with Gasteiger partial charge in [-0.3, -0.25) is 0 Å². The number of rotatable bonds is 4. The summed E-state index contributed by atoms with van der Waals surface area (Å²) in [4.78, 5) is 0. The lowest BCUT2D eigenvalue weighted by atomic mass is 9.96. The van der Waals surface area contributed by atoms with Crippen LogP contribution < -0.4 is 15.8 Å². The maximum absolute atomic E-state index is 5.95. The van der Waals surface area contributed by atoms with Crippen LogP contribution in [0.2, 0.25) is 0 Å². The van der Waals surface area contributed by atoms with E-state index in [1.807, 2.05) is 12.1 Å². The third kappa shape index (κ3) is 2.72. The van der Waals surface area contributed by atoms with Crippen LogP contribution in [0, 0.1) is 5.92 Å². The van der Waals surface area contributed by atoms with Gasteiger partial charge >= 0.3 is 0 Å². The van der Waals surface area contributed by atoms with Crippen molar-refractivity contribution < 1.29 is 4.74 Å². The number of nitrogens with one attached hydrogen (secondary N) is 1. The minimum Gasteiger partial charge on any atom is -0.497 e. The molecule has 2 atom stereocenters. The smallest absolute Gasteiger partial charge is 0.119 e. The molecule has 3 heteroatoms. The van der Waals surface area contributed by atoms with E-state index >= 15 is 0 Å². The second-order valence-corrected chi connectivity index (χ2v) is 5.19. The van der Waals surface area contributed by atoms with Gasteiger partial charge in [-0.25, -0.2) is 0 Å². The molecule has 94 valence electrons.